The molecule has 0 saturated carbocycles. The summed E-state index contributed by atoms with van der Waals surface area (Å²) in [6.07, 6.45) is 0.378. The molecule has 1 atom stereocenters. The van der Waals surface area contributed by atoms with Crippen LogP contribution in [-0.2, 0) is 4.79 Å². The van der Waals surface area contributed by atoms with E-state index in [2.05, 4.69) is 12.6 Å². The number of carbonyl (C=O) groups is 1. The number of thiol groups is 1. The molecular formula is C11H12FNO2S. The first kappa shape index (κ1) is 11.3. The van der Waals surface area contributed by atoms with Gasteiger partial charge < -0.3 is 9.64 Å². The number of methoxy groups -OCH3 is 1. The van der Waals surface area contributed by atoms with E-state index in [4.69, 9.17) is 4.74 Å². The minimum atomic E-state index is -0.463. The quantitative estimate of drug-likeness (QED) is 0.801. The number of nitrogens with zero attached hydrogens (tertiary/aromatic N) is 1. The summed E-state index contributed by atoms with van der Waals surface area (Å²) in [5.41, 5.74) is 0.476. The molecule has 0 N–H and O–H groups in total. The Morgan fingerprint density at radius 1 is 1.56 bits per heavy atom. The number of anilines is 1. The Bertz CT molecular complexity index is 424. The highest BCUT2D eigenvalue weighted by atomic mass is 32.1. The van der Waals surface area contributed by atoms with Crippen LogP contribution in [0.5, 0.6) is 5.75 Å². The third-order valence-corrected chi connectivity index (χ3v) is 2.89. The molecule has 0 aliphatic carbocycles. The van der Waals surface area contributed by atoms with Gasteiger partial charge in [0.15, 0.2) is 11.6 Å². The van der Waals surface area contributed by atoms with Gasteiger partial charge in [0.25, 0.3) is 0 Å². The molecule has 1 fully saturated rings. The molecule has 1 amide bonds. The lowest BCUT2D eigenvalue weighted by molar-refractivity contribution is -0.117. The molecule has 1 aromatic rings. The van der Waals surface area contributed by atoms with Crippen molar-refractivity contribution in [3.63, 3.8) is 0 Å². The summed E-state index contributed by atoms with van der Waals surface area (Å²) in [7, 11) is 1.39. The van der Waals surface area contributed by atoms with Gasteiger partial charge >= 0.3 is 0 Å². The molecule has 0 aromatic heterocycles. The highest BCUT2D eigenvalue weighted by Crippen LogP contribution is 2.34. The summed E-state index contributed by atoms with van der Waals surface area (Å²) in [6, 6.07) is 4.54. The van der Waals surface area contributed by atoms with Crippen LogP contribution in [0.15, 0.2) is 18.2 Å². The van der Waals surface area contributed by atoms with Crippen LogP contribution < -0.4 is 9.64 Å². The van der Waals surface area contributed by atoms with Gasteiger partial charge in [-0.1, -0.05) is 6.07 Å². The van der Waals surface area contributed by atoms with Gasteiger partial charge in [-0.15, -0.1) is 0 Å². The normalized spacial score (nSPS) is 20.3. The van der Waals surface area contributed by atoms with E-state index in [1.165, 1.54) is 18.1 Å². The average Bonchev–Trinajstić information content (AvgIpc) is 2.57. The highest BCUT2D eigenvalue weighted by Gasteiger charge is 2.30. The average molecular weight is 241 g/mol. The molecule has 0 radical (unpaired) electrons. The molecule has 1 saturated heterocycles. The number of hydrogen-bond donors (Lipinski definition) is 1. The number of rotatable bonds is 2. The Morgan fingerprint density at radius 2 is 2.31 bits per heavy atom. The number of halogens is 1. The predicted octanol–water partition coefficient (Wildman–Crippen LogP) is 1.87. The molecule has 1 aromatic carbocycles. The van der Waals surface area contributed by atoms with E-state index in [0.717, 1.165) is 0 Å². The second-order valence-electron chi connectivity index (χ2n) is 3.65. The van der Waals surface area contributed by atoms with E-state index >= 15 is 0 Å². The lowest BCUT2D eigenvalue weighted by atomic mass is 10.2. The zero-order chi connectivity index (χ0) is 11.7. The monoisotopic (exact) mass is 241 g/mol. The molecule has 5 heteroatoms. The van der Waals surface area contributed by atoms with Gasteiger partial charge in [-0.3, -0.25) is 4.79 Å². The molecule has 1 aliphatic rings. The van der Waals surface area contributed by atoms with Gasteiger partial charge in [-0.05, 0) is 12.1 Å². The number of para-hydroxylation sites is 1. The fourth-order valence-electron chi connectivity index (χ4n) is 1.83. The molecule has 3 nitrogen and oxygen atoms in total. The van der Waals surface area contributed by atoms with Gasteiger partial charge in [0, 0.05) is 18.2 Å². The molecule has 1 heterocycles. The van der Waals surface area contributed by atoms with E-state index in [9.17, 15) is 9.18 Å². The van der Waals surface area contributed by atoms with E-state index in [0.29, 0.717) is 18.7 Å². The number of carbonyl (C=O) groups excluding carboxylic acids is 1. The molecule has 1 aliphatic heterocycles. The second kappa shape index (κ2) is 4.33. The van der Waals surface area contributed by atoms with Gasteiger partial charge in [0.1, 0.15) is 0 Å². The zero-order valence-electron chi connectivity index (χ0n) is 8.81. The molecular weight excluding hydrogens is 229 g/mol. The van der Waals surface area contributed by atoms with Crippen LogP contribution in [0.1, 0.15) is 6.42 Å². The first-order valence-electron chi connectivity index (χ1n) is 4.94. The van der Waals surface area contributed by atoms with Crippen molar-refractivity contribution in [2.75, 3.05) is 18.6 Å². The molecule has 86 valence electrons. The summed E-state index contributed by atoms with van der Waals surface area (Å²) in [5, 5.41) is 0.000438. The topological polar surface area (TPSA) is 29.5 Å². The summed E-state index contributed by atoms with van der Waals surface area (Å²) in [6.45, 7) is 0.488. The lowest BCUT2D eigenvalue weighted by Crippen LogP contribution is -2.25. The Hall–Kier alpha value is -1.23. The minimum absolute atomic E-state index is 0.000438. The van der Waals surface area contributed by atoms with Crippen LogP contribution in [0.2, 0.25) is 0 Å². The van der Waals surface area contributed by atoms with Crippen LogP contribution in [0.4, 0.5) is 10.1 Å². The van der Waals surface area contributed by atoms with Gasteiger partial charge in [0.05, 0.1) is 12.8 Å². The lowest BCUT2D eigenvalue weighted by Gasteiger charge is -2.19. The Morgan fingerprint density at radius 3 is 2.88 bits per heavy atom. The summed E-state index contributed by atoms with van der Waals surface area (Å²) < 4.78 is 18.4. The van der Waals surface area contributed by atoms with Gasteiger partial charge in [-0.2, -0.15) is 12.6 Å². The summed E-state index contributed by atoms with van der Waals surface area (Å²) >= 11 is 4.25. The molecule has 1 unspecified atom stereocenters. The number of benzene rings is 1. The molecule has 0 bridgehead atoms. The second-order valence-corrected chi connectivity index (χ2v) is 4.38. The third-order valence-electron chi connectivity index (χ3n) is 2.55. The number of hydrogen-bond acceptors (Lipinski definition) is 3. The standard InChI is InChI=1S/C11H12FNO2S/c1-15-11-8(12)3-2-4-9(11)13-6-7(16)5-10(13)14/h2-4,7,16H,5-6H2,1H3. The van der Waals surface area contributed by atoms with Gasteiger partial charge in [0.2, 0.25) is 5.91 Å². The van der Waals surface area contributed by atoms with Crippen molar-refractivity contribution < 1.29 is 13.9 Å². The smallest absolute Gasteiger partial charge is 0.228 e. The first-order chi connectivity index (χ1) is 7.63. The van der Waals surface area contributed by atoms with Crippen LogP contribution >= 0.6 is 12.6 Å². The van der Waals surface area contributed by atoms with Crippen molar-refractivity contribution in [3.05, 3.63) is 24.0 Å². The Labute approximate surface area is 98.6 Å². The van der Waals surface area contributed by atoms with E-state index in [1.54, 1.807) is 12.1 Å². The van der Waals surface area contributed by atoms with Crippen molar-refractivity contribution in [3.8, 4) is 5.75 Å². The van der Waals surface area contributed by atoms with Crippen molar-refractivity contribution in [2.24, 2.45) is 0 Å². The first-order valence-corrected chi connectivity index (χ1v) is 5.46. The van der Waals surface area contributed by atoms with Crippen LogP contribution in [0, 0.1) is 5.82 Å². The maximum absolute atomic E-state index is 13.4. The fourth-order valence-corrected chi connectivity index (χ4v) is 2.15. The van der Waals surface area contributed by atoms with E-state index < -0.39 is 5.82 Å². The maximum Gasteiger partial charge on any atom is 0.228 e. The molecule has 2 rings (SSSR count). The van der Waals surface area contributed by atoms with Crippen molar-refractivity contribution in [1.82, 2.24) is 0 Å². The van der Waals surface area contributed by atoms with Crippen LogP contribution in [-0.4, -0.2) is 24.8 Å². The van der Waals surface area contributed by atoms with Gasteiger partial charge in [-0.25, -0.2) is 4.39 Å². The largest absolute Gasteiger partial charge is 0.492 e. The van der Waals surface area contributed by atoms with Crippen LogP contribution in [0.3, 0.4) is 0 Å². The summed E-state index contributed by atoms with van der Waals surface area (Å²) in [5.74, 6) is -0.405. The Balaban J connectivity index is 2.40. The SMILES string of the molecule is COc1c(F)cccc1N1CC(S)CC1=O. The van der Waals surface area contributed by atoms with Crippen molar-refractivity contribution in [2.45, 2.75) is 11.7 Å². The van der Waals surface area contributed by atoms with Crippen molar-refractivity contribution >= 4 is 24.2 Å². The highest BCUT2D eigenvalue weighted by molar-refractivity contribution is 7.81. The number of amides is 1. The molecule has 16 heavy (non-hydrogen) atoms. The minimum Gasteiger partial charge on any atom is -0.492 e. The number of ether oxygens (including phenoxy) is 1. The molecule has 0 spiro atoms. The maximum atomic E-state index is 13.4. The fraction of sp³-hybridized carbons (Fsp3) is 0.364. The third kappa shape index (κ3) is 1.87. The van der Waals surface area contributed by atoms with Crippen molar-refractivity contribution in [1.29, 1.82) is 0 Å². The van der Waals surface area contributed by atoms with Crippen LogP contribution in [0.25, 0.3) is 0 Å². The zero-order valence-corrected chi connectivity index (χ0v) is 9.71. The summed E-state index contributed by atoms with van der Waals surface area (Å²) in [4.78, 5) is 13.2. The van der Waals surface area contributed by atoms with E-state index in [1.807, 2.05) is 0 Å². The Kier molecular flexibility index (Phi) is 3.05. The predicted molar refractivity (Wildman–Crippen MR) is 62.7 cm³/mol. The van der Waals surface area contributed by atoms with E-state index in [-0.39, 0.29) is 16.9 Å².